The number of hydrogen-bond donors (Lipinski definition) is 6. The lowest BCUT2D eigenvalue weighted by Crippen LogP contribution is -2.43. The van der Waals surface area contributed by atoms with Gasteiger partial charge in [-0.2, -0.15) is 0 Å². The van der Waals surface area contributed by atoms with E-state index in [-0.39, 0.29) is 11.6 Å². The Morgan fingerprint density at radius 1 is 0.565 bits per heavy atom. The molecule has 0 aliphatic carbocycles. The summed E-state index contributed by atoms with van der Waals surface area (Å²) < 4.78 is 59.5. The lowest BCUT2D eigenvalue weighted by atomic mass is 10.0. The molecule has 4 aromatic carbocycles. The van der Waals surface area contributed by atoms with Gasteiger partial charge in [0.2, 0.25) is 0 Å². The Morgan fingerprint density at radius 3 is 1.24 bits per heavy atom. The van der Waals surface area contributed by atoms with Crippen LogP contribution in [0.15, 0.2) is 122 Å². The molecule has 4 amide bonds. The fourth-order valence-electron chi connectivity index (χ4n) is 8.02. The quantitative estimate of drug-likeness (QED) is 0.0706. The largest absolute Gasteiger partial charge is 0.465 e. The van der Waals surface area contributed by atoms with Crippen LogP contribution in [0.1, 0.15) is 59.8 Å². The number of carboxylic acid groups (broad SMARTS) is 2. The number of likely N-dealkylation sites (tertiary alicyclic amines) is 2. The predicted octanol–water partition coefficient (Wildman–Crippen LogP) is 7.97. The zero-order chi connectivity index (χ0) is 43.8. The summed E-state index contributed by atoms with van der Waals surface area (Å²) in [5.74, 6) is -7.88. The van der Waals surface area contributed by atoms with Gasteiger partial charge in [0.15, 0.2) is 0 Å². The van der Waals surface area contributed by atoms with Crippen LogP contribution in [0.2, 0.25) is 0 Å². The smallest absolute Gasteiger partial charge is 0.405 e. The Balaban J connectivity index is 0.962. The van der Waals surface area contributed by atoms with Crippen LogP contribution in [-0.4, -0.2) is 88.9 Å². The normalized spacial score (nSPS) is 18.8. The number of benzene rings is 4. The molecule has 2 aromatic heterocycles. The molecule has 0 spiro atoms. The van der Waals surface area contributed by atoms with E-state index in [0.29, 0.717) is 33.6 Å². The molecule has 2 aliphatic rings. The van der Waals surface area contributed by atoms with E-state index in [9.17, 15) is 47.0 Å². The number of carbonyl (C=O) groups excluding carboxylic acids is 2. The number of rotatable bonds is 11. The second-order valence-electron chi connectivity index (χ2n) is 15.2. The summed E-state index contributed by atoms with van der Waals surface area (Å²) >= 11 is 0. The van der Waals surface area contributed by atoms with Gasteiger partial charge in [0.05, 0.1) is 49.0 Å². The molecular weight excluding hydrogens is 813 g/mol. The molecule has 0 radical (unpaired) electrons. The summed E-state index contributed by atoms with van der Waals surface area (Å²) in [7, 11) is 0. The van der Waals surface area contributed by atoms with Gasteiger partial charge >= 0.3 is 12.2 Å². The van der Waals surface area contributed by atoms with Crippen molar-refractivity contribution < 1.29 is 47.0 Å². The molecule has 318 valence electrons. The fraction of sp³-hybridized carbons (Fsp3) is 0.227. The van der Waals surface area contributed by atoms with Gasteiger partial charge in [0.1, 0.15) is 23.7 Å². The number of nitrogens with zero attached hydrogens (tertiary/aromatic N) is 4. The Morgan fingerprint density at radius 2 is 0.903 bits per heavy atom. The molecule has 4 atom stereocenters. The van der Waals surface area contributed by atoms with E-state index in [0.717, 1.165) is 20.9 Å². The summed E-state index contributed by atoms with van der Waals surface area (Å²) in [6.07, 6.45) is -1.40. The van der Waals surface area contributed by atoms with Crippen molar-refractivity contribution in [3.05, 3.63) is 144 Å². The summed E-state index contributed by atoms with van der Waals surface area (Å²) in [5.41, 5.74) is 4.68. The minimum Gasteiger partial charge on any atom is -0.465 e. The van der Waals surface area contributed by atoms with Gasteiger partial charge in [0, 0.05) is 12.8 Å². The zero-order valence-electron chi connectivity index (χ0n) is 32.5. The lowest BCUT2D eigenvalue weighted by molar-refractivity contribution is -0.136. The molecule has 14 nitrogen and oxygen atoms in total. The van der Waals surface area contributed by atoms with E-state index in [1.165, 1.54) is 36.7 Å². The highest BCUT2D eigenvalue weighted by atomic mass is 19.3. The van der Waals surface area contributed by atoms with E-state index in [1.54, 1.807) is 36.4 Å². The van der Waals surface area contributed by atoms with Crippen LogP contribution in [0.25, 0.3) is 33.6 Å². The van der Waals surface area contributed by atoms with Crippen molar-refractivity contribution in [1.29, 1.82) is 0 Å². The Kier molecular flexibility index (Phi) is 11.0. The second kappa shape index (κ2) is 16.5. The van der Waals surface area contributed by atoms with Crippen molar-refractivity contribution in [1.82, 2.24) is 40.4 Å². The maximum absolute atomic E-state index is 14.9. The van der Waals surface area contributed by atoms with Crippen LogP contribution in [0.5, 0.6) is 0 Å². The molecule has 8 rings (SSSR count). The highest BCUT2D eigenvalue weighted by Gasteiger charge is 2.51. The van der Waals surface area contributed by atoms with Gasteiger partial charge in [-0.25, -0.2) is 37.1 Å². The van der Waals surface area contributed by atoms with Gasteiger partial charge in [-0.15, -0.1) is 0 Å². The molecule has 62 heavy (non-hydrogen) atoms. The van der Waals surface area contributed by atoms with Crippen molar-refractivity contribution in [3.8, 4) is 33.6 Å². The third-order valence-electron chi connectivity index (χ3n) is 10.9. The number of alkyl halides is 4. The van der Waals surface area contributed by atoms with Crippen molar-refractivity contribution in [2.75, 3.05) is 13.1 Å². The number of imidazole rings is 2. The van der Waals surface area contributed by atoms with E-state index < -0.39 is 85.9 Å². The highest BCUT2D eigenvalue weighted by molar-refractivity contribution is 5.88. The number of halogens is 4. The number of hydrogen-bond acceptors (Lipinski definition) is 6. The molecule has 2 aliphatic heterocycles. The summed E-state index contributed by atoms with van der Waals surface area (Å²) in [6, 6.07) is 25.6. The van der Waals surface area contributed by atoms with Gasteiger partial charge in [-0.1, -0.05) is 109 Å². The van der Waals surface area contributed by atoms with Gasteiger partial charge < -0.3 is 40.6 Å². The van der Waals surface area contributed by atoms with Crippen LogP contribution in [0.3, 0.4) is 0 Å². The first-order valence-electron chi connectivity index (χ1n) is 19.4. The average Bonchev–Trinajstić information content (AvgIpc) is 4.07. The molecule has 6 aromatic rings. The summed E-state index contributed by atoms with van der Waals surface area (Å²) in [6.45, 7) is -1.82. The Hall–Kier alpha value is -7.50. The second-order valence-corrected chi connectivity index (χ2v) is 15.2. The van der Waals surface area contributed by atoms with Crippen molar-refractivity contribution in [2.45, 2.75) is 48.9 Å². The van der Waals surface area contributed by atoms with E-state index >= 15 is 0 Å². The van der Waals surface area contributed by atoms with Crippen molar-refractivity contribution >= 4 is 24.0 Å². The maximum atomic E-state index is 14.9. The summed E-state index contributed by atoms with van der Waals surface area (Å²) in [5, 5.41) is 23.2. The van der Waals surface area contributed by atoms with Gasteiger partial charge in [-0.3, -0.25) is 9.59 Å². The van der Waals surface area contributed by atoms with Crippen LogP contribution >= 0.6 is 0 Å². The van der Waals surface area contributed by atoms with Crippen LogP contribution in [0, 0.1) is 0 Å². The summed E-state index contributed by atoms with van der Waals surface area (Å²) in [4.78, 5) is 67.3. The van der Waals surface area contributed by atoms with Gasteiger partial charge in [0.25, 0.3) is 23.7 Å². The molecule has 0 saturated carbocycles. The number of carbonyl (C=O) groups is 4. The maximum Gasteiger partial charge on any atom is 0.405 e. The molecule has 18 heteroatoms. The number of amides is 4. The molecular formula is C44H38F4N8O6. The van der Waals surface area contributed by atoms with Crippen molar-refractivity contribution in [2.24, 2.45) is 0 Å². The third-order valence-corrected chi connectivity index (χ3v) is 10.9. The Bertz CT molecular complexity index is 2410. The SMILES string of the molecule is O=C(O)N[C@@H](C(=O)N1CC(F)(F)C[C@H]1c1ncc(-c2ccc(-c3ccc(-c4cnc([C@@H]5CC(F)(F)CN5C(=O)[C@H](NC(=O)O)c5ccccc5)[nH]4)cc3)cc2)[nH]1)c1ccccc1. The topological polar surface area (TPSA) is 197 Å². The predicted molar refractivity (Wildman–Crippen MR) is 216 cm³/mol. The standard InChI is InChI=1S/C44H38F4N8O6/c45-43(46)19-33(55(23-43)39(57)35(53-41(59)60)29-7-3-1-4-8-29)37-49-21-31(51-37)27-15-11-25(12-16-27)26-13-17-28(18-14-26)32-22-50-38(52-32)34-20-44(47,48)24-56(34)40(58)36(54-42(61)62)30-9-5-2-6-10-30/h1-18,21-22,33-36,53-54H,19-20,23-24H2,(H,49,51)(H,50,52)(H,59,60)(H,61,62)/t33-,34-,35+,36+/m0/s1. The van der Waals surface area contributed by atoms with Crippen LogP contribution in [0.4, 0.5) is 27.2 Å². The van der Waals surface area contributed by atoms with E-state index in [1.807, 2.05) is 48.5 Å². The van der Waals surface area contributed by atoms with E-state index in [4.69, 9.17) is 0 Å². The van der Waals surface area contributed by atoms with Crippen molar-refractivity contribution in [3.63, 3.8) is 0 Å². The highest BCUT2D eigenvalue weighted by Crippen LogP contribution is 2.43. The average molecular weight is 851 g/mol. The number of aromatic amines is 2. The Labute approximate surface area is 350 Å². The molecule has 0 bridgehead atoms. The van der Waals surface area contributed by atoms with Gasteiger partial charge in [-0.05, 0) is 33.4 Å². The number of nitrogens with one attached hydrogen (secondary N) is 4. The van der Waals surface area contributed by atoms with Crippen LogP contribution < -0.4 is 10.6 Å². The lowest BCUT2D eigenvalue weighted by Gasteiger charge is -2.27. The van der Waals surface area contributed by atoms with Crippen LogP contribution in [-0.2, 0) is 9.59 Å². The molecule has 2 saturated heterocycles. The first-order chi connectivity index (χ1) is 29.6. The third kappa shape index (κ3) is 8.70. The van der Waals surface area contributed by atoms with E-state index in [2.05, 4.69) is 30.6 Å². The molecule has 0 unspecified atom stereocenters. The number of H-pyrrole nitrogens is 2. The molecule has 2 fully saturated rings. The minimum absolute atomic E-state index is 0.127. The molecule has 4 heterocycles. The fourth-order valence-corrected chi connectivity index (χ4v) is 8.02. The zero-order valence-corrected chi connectivity index (χ0v) is 32.5. The first kappa shape index (κ1) is 41.2. The molecule has 6 N–H and O–H groups in total. The monoisotopic (exact) mass is 850 g/mol. The first-order valence-corrected chi connectivity index (χ1v) is 19.4. The number of aromatic nitrogens is 4. The minimum atomic E-state index is -3.24.